The number of esters is 1. The minimum absolute atomic E-state index is 0. The summed E-state index contributed by atoms with van der Waals surface area (Å²) in [5.74, 6) is 2.92. The fourth-order valence-electron chi connectivity index (χ4n) is 13.6. The molecule has 0 spiro atoms. The van der Waals surface area contributed by atoms with Gasteiger partial charge in [-0.25, -0.2) is 9.86 Å². The van der Waals surface area contributed by atoms with Crippen LogP contribution in [0.4, 0.5) is 0 Å². The first-order valence-electron chi connectivity index (χ1n) is 32.8. The average molecular weight is 1360 g/mol. The van der Waals surface area contributed by atoms with E-state index in [1.54, 1.807) is 32.4 Å². The molecule has 3 fully saturated rings. The fraction of sp³-hybridized carbons (Fsp3) is 0.390. The van der Waals surface area contributed by atoms with Crippen molar-refractivity contribution in [1.82, 2.24) is 5.06 Å². The van der Waals surface area contributed by atoms with Crippen molar-refractivity contribution in [1.29, 1.82) is 0 Å². The summed E-state index contributed by atoms with van der Waals surface area (Å²) in [5, 5.41) is 20.6. The Morgan fingerprint density at radius 3 is 1.61 bits per heavy atom. The van der Waals surface area contributed by atoms with Crippen molar-refractivity contribution in [3.63, 3.8) is 0 Å². The molecule has 2 N–H and O–H groups in total. The Balaban J connectivity index is 0.000000212. The number of benzene rings is 7. The Bertz CT molecular complexity index is 3640. The summed E-state index contributed by atoms with van der Waals surface area (Å²) < 4.78 is 16.0. The van der Waals surface area contributed by atoms with Crippen LogP contribution in [0.5, 0.6) is 17.2 Å². The van der Waals surface area contributed by atoms with Gasteiger partial charge >= 0.3 is 24.8 Å². The summed E-state index contributed by atoms with van der Waals surface area (Å²) in [6.45, 7) is 18.8. The summed E-state index contributed by atoms with van der Waals surface area (Å²) in [7, 11) is 4.69. The van der Waals surface area contributed by atoms with E-state index in [1.165, 1.54) is 104 Å². The first-order valence-corrected chi connectivity index (χ1v) is 32.8. The van der Waals surface area contributed by atoms with E-state index in [2.05, 4.69) is 109 Å². The molecule has 5 atom stereocenters. The Labute approximate surface area is 587 Å². The number of Topliss-reactive ketones (excluding diaryl/α,β-unsaturated/α-hetero) is 1. The molecule has 0 aromatic heterocycles. The molecule has 6 aliphatic rings. The van der Waals surface area contributed by atoms with Crippen LogP contribution in [0.1, 0.15) is 191 Å². The first kappa shape index (κ1) is 77.9. The number of amides is 1. The number of methoxy groups -OCH3 is 1. The van der Waals surface area contributed by atoms with Crippen LogP contribution in [0, 0.1) is 80.7 Å². The molecule has 2 aliphatic heterocycles. The van der Waals surface area contributed by atoms with Gasteiger partial charge < -0.3 is 31.9 Å². The van der Waals surface area contributed by atoms with Crippen LogP contribution in [-0.4, -0.2) is 67.4 Å². The number of nitrogens with zero attached hydrogens (tertiary/aromatic N) is 1. The second-order valence-corrected chi connectivity index (χ2v) is 25.4. The van der Waals surface area contributed by atoms with Gasteiger partial charge in [0, 0.05) is 74.8 Å². The number of carbonyl (C=O) groups excluding carboxylic acids is 3. The molecule has 0 unspecified atom stereocenters. The Kier molecular flexibility index (Phi) is 31.6. The molecule has 4 aliphatic carbocycles. The number of fused-ring (bicyclic) bond motifs is 3. The van der Waals surface area contributed by atoms with Crippen molar-refractivity contribution in [2.24, 2.45) is 11.8 Å². The van der Waals surface area contributed by atoms with Gasteiger partial charge in [-0.15, -0.1) is 0 Å². The predicted octanol–water partition coefficient (Wildman–Crippen LogP) is 16.2. The molecule has 498 valence electrons. The minimum atomic E-state index is -0.168. The zero-order valence-corrected chi connectivity index (χ0v) is 59.6. The van der Waals surface area contributed by atoms with E-state index in [-0.39, 0.29) is 82.1 Å². The minimum Gasteiger partial charge on any atom is -0.508 e. The van der Waals surface area contributed by atoms with E-state index in [4.69, 9.17) is 19.0 Å². The number of ketones is 1. The van der Waals surface area contributed by atoms with Crippen LogP contribution in [0.15, 0.2) is 157 Å². The normalized spacial score (nSPS) is 18.6. The van der Waals surface area contributed by atoms with Gasteiger partial charge in [0.2, 0.25) is 5.91 Å². The molecule has 10 nitrogen and oxygen atoms in total. The number of ether oxygens (including phenoxy) is 3. The molecule has 12 heteroatoms. The average Bonchev–Trinajstić information content (AvgIpc) is 1.42. The smallest absolute Gasteiger partial charge is 0.508 e. The summed E-state index contributed by atoms with van der Waals surface area (Å²) in [6.07, 6.45) is 15.1. The van der Waals surface area contributed by atoms with Crippen molar-refractivity contribution in [2.75, 3.05) is 34.5 Å². The van der Waals surface area contributed by atoms with Gasteiger partial charge in [0.1, 0.15) is 23.4 Å². The summed E-state index contributed by atoms with van der Waals surface area (Å²) in [6, 6.07) is 50.9. The van der Waals surface area contributed by atoms with Gasteiger partial charge in [0.05, 0.1) is 14.2 Å². The Morgan fingerprint density at radius 1 is 0.532 bits per heavy atom. The standard InChI is InChI=1S/C21H22O.C18H18O3.C16H23NO2.C15H18O2.C7H7.C4H8O.CH3.Li.Pd/c1-14-8-11-17(12-9-14)21(22)19-6-4-5-18(19)20-13-15(2)7-10-16(20)3;19-12-6-4-11(5-7-12)18-15-3-1-2-14(15)16-10-13(20)8-9-17(16)21-18;1-11-8-9-12(2)15(10-11)13-6-5-7-14(13)16(18)17(3)19-4;1-10-7-8-11(2)14(9-10)12-5-4-6-13(12)15(16)17-3;1-7-5-3-2-4-6-7;1-2-4-5-3-1;;;/h7-13H,4-6H2,1-3H3;4-10,14-15,18-20H,1-3H2;8-10,13-14H,5-7H2,1-4H3;7-9H,4-6H2,1-3H3;3-6H,1H3;1-4H2;1H3;;/q;;;;-1;;-1;+1;/t;14-,15+,18+;13-,14+;;;;;;/m.11....../s1. The van der Waals surface area contributed by atoms with Crippen molar-refractivity contribution in [3.8, 4) is 17.2 Å². The molecule has 0 bridgehead atoms. The van der Waals surface area contributed by atoms with E-state index in [9.17, 15) is 24.6 Å². The maximum absolute atomic E-state index is 12.9. The molecule has 94 heavy (non-hydrogen) atoms. The van der Waals surface area contributed by atoms with Gasteiger partial charge in [-0.1, -0.05) is 133 Å². The number of allylic oxidation sites excluding steroid dienone is 3. The number of aryl methyl sites for hydroxylation is 8. The summed E-state index contributed by atoms with van der Waals surface area (Å²) >= 11 is 0. The predicted molar refractivity (Wildman–Crippen MR) is 373 cm³/mol. The molecule has 7 aromatic rings. The number of phenols is 2. The van der Waals surface area contributed by atoms with Crippen molar-refractivity contribution in [3.05, 3.63) is 248 Å². The van der Waals surface area contributed by atoms with Crippen LogP contribution < -0.4 is 23.6 Å². The third-order valence-corrected chi connectivity index (χ3v) is 18.7. The molecule has 7 aromatic carbocycles. The molecule has 13 rings (SSSR count). The second-order valence-electron chi connectivity index (χ2n) is 25.4. The Morgan fingerprint density at radius 2 is 1.05 bits per heavy atom. The fourth-order valence-corrected chi connectivity index (χ4v) is 13.6. The topological polar surface area (TPSA) is 132 Å². The van der Waals surface area contributed by atoms with Gasteiger partial charge in [-0.2, -0.15) is 35.9 Å². The maximum Gasteiger partial charge on any atom is 1.00 e. The molecule has 1 saturated heterocycles. The van der Waals surface area contributed by atoms with Gasteiger partial charge in [-0.05, 0) is 218 Å². The quantitative estimate of drug-likeness (QED) is 0.0477. The van der Waals surface area contributed by atoms with Crippen LogP contribution in [0.3, 0.4) is 0 Å². The van der Waals surface area contributed by atoms with E-state index >= 15 is 0 Å². The number of hydrogen-bond acceptors (Lipinski definition) is 9. The largest absolute Gasteiger partial charge is 1.00 e. The molecular weight excluding hydrogens is 1260 g/mol. The molecule has 0 radical (unpaired) electrons. The number of rotatable bonds is 9. The van der Waals surface area contributed by atoms with E-state index in [0.29, 0.717) is 23.5 Å². The van der Waals surface area contributed by atoms with Crippen LogP contribution in [0.25, 0.3) is 11.1 Å². The number of hydroxylamine groups is 2. The number of hydrogen-bond donors (Lipinski definition) is 2. The zero-order valence-electron chi connectivity index (χ0n) is 58.1. The zero-order chi connectivity index (χ0) is 65.1. The van der Waals surface area contributed by atoms with Crippen LogP contribution in [-0.2, 0) is 44.3 Å². The molecule has 1 amide bonds. The molecular formula is C82H99LiNO9Pd-. The van der Waals surface area contributed by atoms with E-state index < -0.39 is 0 Å². The second kappa shape index (κ2) is 38.1. The number of aromatic hydroxyl groups is 2. The molecule has 2 saturated carbocycles. The SMILES string of the molecule is C1CCOC1.COC(=O)C1=C(c2cc(C)ccc2C)CCC1.CON(C)C(=O)[C@H]1CCC[C@H]1c1cc(C)ccc1C.Cc1cc[c-]cc1.Cc1ccc(C(=O)C2=C(c3cc(C)ccc3C)CCC2)cc1.Oc1ccc([C@@H]2Oc3ccc(O)cc3[C@@H]3CCC[C@@H]32)cc1.[CH3-].[Li+].[Pd]. The van der Waals surface area contributed by atoms with Gasteiger partial charge in [0.25, 0.3) is 0 Å². The van der Waals surface area contributed by atoms with Crippen LogP contribution in [0.2, 0.25) is 0 Å². The molecule has 2 heterocycles. The third-order valence-electron chi connectivity index (χ3n) is 18.7. The number of phenolic OH excluding ortho intramolecular Hbond substituents is 2. The van der Waals surface area contributed by atoms with Crippen molar-refractivity contribution in [2.45, 2.75) is 163 Å². The van der Waals surface area contributed by atoms with Crippen LogP contribution >= 0.6 is 0 Å². The summed E-state index contributed by atoms with van der Waals surface area (Å²) in [5.41, 5.74) is 21.2. The third kappa shape index (κ3) is 20.9. The van der Waals surface area contributed by atoms with Crippen molar-refractivity contribution < 1.29 is 82.9 Å². The van der Waals surface area contributed by atoms with Gasteiger partial charge in [0.15, 0.2) is 5.78 Å². The summed E-state index contributed by atoms with van der Waals surface area (Å²) in [4.78, 5) is 42.0. The monoisotopic (exact) mass is 1350 g/mol. The van der Waals surface area contributed by atoms with Crippen molar-refractivity contribution >= 4 is 28.8 Å². The van der Waals surface area contributed by atoms with E-state index in [0.717, 1.165) is 117 Å². The Hall–Kier alpha value is -6.79. The number of carbonyl (C=O) groups is 3. The maximum atomic E-state index is 12.9. The van der Waals surface area contributed by atoms with E-state index in [1.807, 2.05) is 79.7 Å². The first-order chi connectivity index (χ1) is 43.8. The van der Waals surface area contributed by atoms with Gasteiger partial charge in [-0.3, -0.25) is 14.4 Å².